The fourth-order valence-corrected chi connectivity index (χ4v) is 4.27. The average Bonchev–Trinajstić information content (AvgIpc) is 3.21. The molecule has 0 saturated heterocycles. The summed E-state index contributed by atoms with van der Waals surface area (Å²) in [4.78, 5) is 39.0. The molecule has 34 heavy (non-hydrogen) atoms. The van der Waals surface area contributed by atoms with Gasteiger partial charge < -0.3 is 10.2 Å². The summed E-state index contributed by atoms with van der Waals surface area (Å²) in [6.07, 6.45) is -5.12. The van der Waals surface area contributed by atoms with Gasteiger partial charge in [0.2, 0.25) is 11.4 Å². The first kappa shape index (κ1) is 22.0. The highest BCUT2D eigenvalue weighted by atomic mass is 35.5. The highest BCUT2D eigenvalue weighted by Crippen LogP contribution is 2.36. The van der Waals surface area contributed by atoms with Crippen LogP contribution in [-0.4, -0.2) is 40.2 Å². The smallest absolute Gasteiger partial charge is 0.322 e. The van der Waals surface area contributed by atoms with Crippen LogP contribution in [0.25, 0.3) is 0 Å². The molecule has 0 fully saturated rings. The van der Waals surface area contributed by atoms with Crippen molar-refractivity contribution < 1.29 is 22.8 Å². The summed E-state index contributed by atoms with van der Waals surface area (Å²) in [5.41, 5.74) is 1.14. The van der Waals surface area contributed by atoms with Gasteiger partial charge in [-0.1, -0.05) is 48.5 Å². The molecule has 172 valence electrons. The molecule has 7 nitrogen and oxygen atoms in total. The van der Waals surface area contributed by atoms with E-state index < -0.39 is 40.7 Å². The molecule has 2 aliphatic rings. The molecule has 2 aliphatic heterocycles. The number of hydrogen-bond acceptors (Lipinski definition) is 5. The van der Waals surface area contributed by atoms with Crippen LogP contribution in [0.4, 0.5) is 18.9 Å². The van der Waals surface area contributed by atoms with Crippen LogP contribution in [0.5, 0.6) is 0 Å². The Kier molecular flexibility index (Phi) is 5.32. The normalized spacial score (nSPS) is 17.2. The molecule has 0 spiro atoms. The Morgan fingerprint density at radius 2 is 1.88 bits per heavy atom. The summed E-state index contributed by atoms with van der Waals surface area (Å²) in [5.74, 6) is -1.74. The monoisotopic (exact) mass is 485 g/mol. The molecule has 5 rings (SSSR count). The van der Waals surface area contributed by atoms with Gasteiger partial charge in [0, 0.05) is 23.9 Å². The summed E-state index contributed by atoms with van der Waals surface area (Å²) < 4.78 is 40.4. The summed E-state index contributed by atoms with van der Waals surface area (Å²) >= 11 is 5.51. The van der Waals surface area contributed by atoms with Crippen LogP contribution in [0, 0.1) is 0 Å². The van der Waals surface area contributed by atoms with Gasteiger partial charge in [-0.15, -0.1) is 0 Å². The molecule has 3 heterocycles. The molecule has 0 saturated carbocycles. The van der Waals surface area contributed by atoms with Gasteiger partial charge in [-0.25, -0.2) is 15.0 Å². The fraction of sp³-hybridized carbons (Fsp3) is 0.174. The first-order valence-corrected chi connectivity index (χ1v) is 10.6. The van der Waals surface area contributed by atoms with E-state index in [-0.39, 0.29) is 0 Å². The first-order valence-electron chi connectivity index (χ1n) is 10.2. The Balaban J connectivity index is 1.59. The summed E-state index contributed by atoms with van der Waals surface area (Å²) in [6.45, 7) is 0.368. The maximum Gasteiger partial charge on any atom is 0.434 e. The molecule has 0 radical (unpaired) electrons. The summed E-state index contributed by atoms with van der Waals surface area (Å²) in [5, 5.41) is 1.68. The number of aliphatic imine (C=N–C) groups is 1. The van der Waals surface area contributed by atoms with Crippen LogP contribution in [0.3, 0.4) is 0 Å². The van der Waals surface area contributed by atoms with Gasteiger partial charge in [0.05, 0.1) is 17.0 Å². The molecule has 0 aliphatic carbocycles. The highest BCUT2D eigenvalue weighted by molar-refractivity contribution is 6.28. The molecule has 2 aromatic carbocycles. The lowest BCUT2D eigenvalue weighted by atomic mass is 9.98. The molecular formula is C23H15ClF3N5O2. The number of carbonyl (C=O) groups excluding carboxylic acids is 2. The van der Waals surface area contributed by atoms with E-state index in [2.05, 4.69) is 20.3 Å². The van der Waals surface area contributed by atoms with E-state index in [1.807, 2.05) is 24.3 Å². The standard InChI is InChI=1S/C23H15ClF3N5O2/c24-22-28-11-15(18(30-22)23(25,26)27)20(33)31-19-21(34)32-10-9-13-7-4-8-14(17(13)32)16(29-19)12-5-2-1-3-6-12/h1-8,11,19H,9-10H2,(H,31,33). The van der Waals surface area contributed by atoms with Gasteiger partial charge >= 0.3 is 6.18 Å². The van der Waals surface area contributed by atoms with Gasteiger partial charge in [-0.05, 0) is 23.6 Å². The number of benzene rings is 2. The number of hydrogen-bond donors (Lipinski definition) is 1. The highest BCUT2D eigenvalue weighted by Gasteiger charge is 2.40. The Morgan fingerprint density at radius 1 is 1.12 bits per heavy atom. The third-order valence-corrected chi connectivity index (χ3v) is 5.78. The maximum absolute atomic E-state index is 13.5. The number of carbonyl (C=O) groups is 2. The van der Waals surface area contributed by atoms with Crippen LogP contribution >= 0.6 is 11.6 Å². The van der Waals surface area contributed by atoms with Gasteiger partial charge in [-0.3, -0.25) is 9.59 Å². The van der Waals surface area contributed by atoms with Gasteiger partial charge in [-0.2, -0.15) is 13.2 Å². The molecule has 11 heteroatoms. The van der Waals surface area contributed by atoms with E-state index in [4.69, 9.17) is 11.6 Å². The minimum absolute atomic E-state index is 0.368. The van der Waals surface area contributed by atoms with Crippen molar-refractivity contribution in [2.75, 3.05) is 11.4 Å². The second-order valence-electron chi connectivity index (χ2n) is 7.67. The minimum Gasteiger partial charge on any atom is -0.322 e. The molecule has 1 unspecified atom stereocenters. The Hall–Kier alpha value is -3.79. The number of nitrogens with zero attached hydrogens (tertiary/aromatic N) is 4. The second kappa shape index (κ2) is 8.21. The number of halogens is 4. The molecule has 1 atom stereocenters. The zero-order valence-electron chi connectivity index (χ0n) is 17.3. The average molecular weight is 486 g/mol. The fourth-order valence-electron chi connectivity index (χ4n) is 4.13. The Labute approximate surface area is 196 Å². The minimum atomic E-state index is -4.95. The van der Waals surface area contributed by atoms with E-state index in [9.17, 15) is 22.8 Å². The lowest BCUT2D eigenvalue weighted by Crippen LogP contribution is -2.47. The zero-order valence-corrected chi connectivity index (χ0v) is 18.1. The van der Waals surface area contributed by atoms with Crippen molar-refractivity contribution in [3.05, 3.63) is 88.0 Å². The molecule has 0 bridgehead atoms. The molecule has 1 N–H and O–H groups in total. The van der Waals surface area contributed by atoms with E-state index >= 15 is 0 Å². The van der Waals surface area contributed by atoms with E-state index in [1.54, 1.807) is 24.3 Å². The van der Waals surface area contributed by atoms with E-state index in [1.165, 1.54) is 4.90 Å². The summed E-state index contributed by atoms with van der Waals surface area (Å²) in [7, 11) is 0. The largest absolute Gasteiger partial charge is 0.434 e. The molecule has 1 aromatic heterocycles. The van der Waals surface area contributed by atoms with Crippen molar-refractivity contribution in [2.45, 2.75) is 18.8 Å². The number of anilines is 1. The predicted molar refractivity (Wildman–Crippen MR) is 118 cm³/mol. The summed E-state index contributed by atoms with van der Waals surface area (Å²) in [6, 6.07) is 14.7. The number of alkyl halides is 3. The first-order chi connectivity index (χ1) is 16.2. The van der Waals surface area contributed by atoms with E-state index in [0.29, 0.717) is 41.7 Å². The number of amides is 2. The van der Waals surface area contributed by atoms with Crippen LogP contribution in [0.15, 0.2) is 59.7 Å². The van der Waals surface area contributed by atoms with Gasteiger partial charge in [0.25, 0.3) is 11.8 Å². The van der Waals surface area contributed by atoms with Crippen LogP contribution in [-0.2, 0) is 17.4 Å². The second-order valence-corrected chi connectivity index (χ2v) is 8.01. The number of para-hydroxylation sites is 1. The number of nitrogens with one attached hydrogen (secondary N) is 1. The number of rotatable bonds is 3. The van der Waals surface area contributed by atoms with E-state index in [0.717, 1.165) is 5.56 Å². The Bertz CT molecular complexity index is 1340. The van der Waals surface area contributed by atoms with Crippen LogP contribution < -0.4 is 10.2 Å². The van der Waals surface area contributed by atoms with Gasteiger partial charge in [0.1, 0.15) is 0 Å². The van der Waals surface area contributed by atoms with Crippen LogP contribution in [0.1, 0.15) is 32.7 Å². The van der Waals surface area contributed by atoms with Crippen molar-refractivity contribution in [2.24, 2.45) is 4.99 Å². The maximum atomic E-state index is 13.5. The van der Waals surface area contributed by atoms with Crippen molar-refractivity contribution >= 4 is 34.8 Å². The topological polar surface area (TPSA) is 87.5 Å². The lowest BCUT2D eigenvalue weighted by Gasteiger charge is -2.21. The predicted octanol–water partition coefficient (Wildman–Crippen LogP) is 3.65. The quantitative estimate of drug-likeness (QED) is 0.574. The zero-order chi connectivity index (χ0) is 24.0. The number of aromatic nitrogens is 2. The van der Waals surface area contributed by atoms with Crippen molar-refractivity contribution in [3.8, 4) is 0 Å². The Morgan fingerprint density at radius 3 is 2.62 bits per heavy atom. The molecule has 2 amide bonds. The van der Waals surface area contributed by atoms with Crippen LogP contribution in [0.2, 0.25) is 5.28 Å². The lowest BCUT2D eigenvalue weighted by molar-refractivity contribution is -0.141. The van der Waals surface area contributed by atoms with Crippen molar-refractivity contribution in [3.63, 3.8) is 0 Å². The van der Waals surface area contributed by atoms with Gasteiger partial charge in [0.15, 0.2) is 5.69 Å². The third kappa shape index (κ3) is 3.79. The molecular weight excluding hydrogens is 471 g/mol. The van der Waals surface area contributed by atoms with Crippen molar-refractivity contribution in [1.82, 2.24) is 15.3 Å². The van der Waals surface area contributed by atoms with Crippen molar-refractivity contribution in [1.29, 1.82) is 0 Å². The SMILES string of the molecule is O=C(NC1N=C(c2ccccc2)c2cccc3c2N(CC3)C1=O)c1cnc(Cl)nc1C(F)(F)F. The molecule has 3 aromatic rings. The third-order valence-electron chi connectivity index (χ3n) is 5.60.